The second-order valence-corrected chi connectivity index (χ2v) is 5.57. The summed E-state index contributed by atoms with van der Waals surface area (Å²) in [7, 11) is 1.73. The van der Waals surface area contributed by atoms with E-state index >= 15 is 0 Å². The van der Waals surface area contributed by atoms with E-state index in [0.717, 1.165) is 43.3 Å². The minimum absolute atomic E-state index is 0.297. The summed E-state index contributed by atoms with van der Waals surface area (Å²) < 4.78 is 5.53. The number of nitrogens with zero attached hydrogens (tertiary/aromatic N) is 3. The fourth-order valence-corrected chi connectivity index (χ4v) is 2.92. The topological polar surface area (TPSA) is 50.3 Å². The number of piperazine rings is 1. The van der Waals surface area contributed by atoms with Crippen LogP contribution in [0.2, 0.25) is 0 Å². The van der Waals surface area contributed by atoms with Gasteiger partial charge >= 0.3 is 0 Å². The van der Waals surface area contributed by atoms with E-state index in [9.17, 15) is 0 Å². The third-order valence-electron chi connectivity index (χ3n) is 4.07. The number of hydrogen-bond acceptors (Lipinski definition) is 5. The molecule has 0 saturated carbocycles. The molecule has 22 heavy (non-hydrogen) atoms. The maximum absolute atomic E-state index is 5.53. The molecule has 3 rings (SSSR count). The lowest BCUT2D eigenvalue weighted by Crippen LogP contribution is -2.45. The Morgan fingerprint density at radius 3 is 2.82 bits per heavy atom. The SMILES string of the molecule is COc1ccccc1[C@@H]1CNCCN1Cc1cnc(C)nc1. The number of aryl methyl sites for hydroxylation is 1. The van der Waals surface area contributed by atoms with Gasteiger partial charge in [-0.25, -0.2) is 9.97 Å². The highest BCUT2D eigenvalue weighted by molar-refractivity contribution is 5.36. The highest BCUT2D eigenvalue weighted by Gasteiger charge is 2.26. The van der Waals surface area contributed by atoms with Crippen LogP contribution >= 0.6 is 0 Å². The van der Waals surface area contributed by atoms with Crippen LogP contribution in [-0.2, 0) is 6.54 Å². The van der Waals surface area contributed by atoms with Gasteiger partial charge in [-0.2, -0.15) is 0 Å². The minimum Gasteiger partial charge on any atom is -0.496 e. The number of nitrogens with one attached hydrogen (secondary N) is 1. The number of aromatic nitrogens is 2. The first-order valence-corrected chi connectivity index (χ1v) is 7.63. The Morgan fingerprint density at radius 2 is 2.05 bits per heavy atom. The molecule has 1 aromatic heterocycles. The number of rotatable bonds is 4. The number of para-hydroxylation sites is 1. The van der Waals surface area contributed by atoms with Crippen molar-refractivity contribution in [2.75, 3.05) is 26.7 Å². The van der Waals surface area contributed by atoms with E-state index in [0.29, 0.717) is 6.04 Å². The van der Waals surface area contributed by atoms with Gasteiger partial charge in [-0.15, -0.1) is 0 Å². The minimum atomic E-state index is 0.297. The monoisotopic (exact) mass is 298 g/mol. The van der Waals surface area contributed by atoms with E-state index in [4.69, 9.17) is 4.74 Å². The van der Waals surface area contributed by atoms with Gasteiger partial charge in [-0.1, -0.05) is 18.2 Å². The zero-order valence-electron chi connectivity index (χ0n) is 13.1. The number of hydrogen-bond donors (Lipinski definition) is 1. The third kappa shape index (κ3) is 3.26. The van der Waals surface area contributed by atoms with Gasteiger partial charge in [0.05, 0.1) is 13.2 Å². The van der Waals surface area contributed by atoms with Crippen LogP contribution in [0.1, 0.15) is 23.0 Å². The molecule has 1 N–H and O–H groups in total. The Bertz CT molecular complexity index is 614. The van der Waals surface area contributed by atoms with E-state index in [-0.39, 0.29) is 0 Å². The molecule has 0 bridgehead atoms. The summed E-state index contributed by atoms with van der Waals surface area (Å²) in [6, 6.07) is 8.55. The molecule has 2 heterocycles. The zero-order chi connectivity index (χ0) is 15.4. The van der Waals surface area contributed by atoms with Crippen molar-refractivity contribution in [2.24, 2.45) is 0 Å². The quantitative estimate of drug-likeness (QED) is 0.935. The first kappa shape index (κ1) is 14.9. The maximum atomic E-state index is 5.53. The molecule has 1 aliphatic heterocycles. The van der Waals surface area contributed by atoms with Crippen LogP contribution in [0, 0.1) is 6.92 Å². The van der Waals surface area contributed by atoms with Crippen molar-refractivity contribution < 1.29 is 4.74 Å². The van der Waals surface area contributed by atoms with Crippen LogP contribution < -0.4 is 10.1 Å². The number of methoxy groups -OCH3 is 1. The molecule has 1 atom stereocenters. The van der Waals surface area contributed by atoms with Crippen LogP contribution in [0.15, 0.2) is 36.7 Å². The molecule has 0 aliphatic carbocycles. The van der Waals surface area contributed by atoms with E-state index < -0.39 is 0 Å². The third-order valence-corrected chi connectivity index (χ3v) is 4.07. The molecular weight excluding hydrogens is 276 g/mol. The average Bonchev–Trinajstić information content (AvgIpc) is 2.57. The Kier molecular flexibility index (Phi) is 4.65. The second kappa shape index (κ2) is 6.85. The molecule has 2 aromatic rings. The van der Waals surface area contributed by atoms with Gasteiger partial charge in [0, 0.05) is 49.7 Å². The summed E-state index contributed by atoms with van der Waals surface area (Å²) in [6.07, 6.45) is 3.84. The summed E-state index contributed by atoms with van der Waals surface area (Å²) in [5, 5.41) is 3.48. The van der Waals surface area contributed by atoms with Crippen LogP contribution in [0.25, 0.3) is 0 Å². The van der Waals surface area contributed by atoms with Crippen molar-refractivity contribution in [2.45, 2.75) is 19.5 Å². The molecule has 1 aromatic carbocycles. The van der Waals surface area contributed by atoms with Crippen LogP contribution in [0.4, 0.5) is 0 Å². The Hall–Kier alpha value is -1.98. The normalized spacial score (nSPS) is 19.1. The molecule has 5 nitrogen and oxygen atoms in total. The van der Waals surface area contributed by atoms with Crippen molar-refractivity contribution >= 4 is 0 Å². The fourth-order valence-electron chi connectivity index (χ4n) is 2.92. The molecule has 1 fully saturated rings. The summed E-state index contributed by atoms with van der Waals surface area (Å²) in [5.74, 6) is 1.76. The van der Waals surface area contributed by atoms with Gasteiger partial charge in [0.2, 0.25) is 0 Å². The summed E-state index contributed by atoms with van der Waals surface area (Å²) in [4.78, 5) is 11.1. The van der Waals surface area contributed by atoms with E-state index in [1.807, 2.05) is 31.5 Å². The zero-order valence-corrected chi connectivity index (χ0v) is 13.1. The van der Waals surface area contributed by atoms with Gasteiger partial charge < -0.3 is 10.1 Å². The molecule has 0 spiro atoms. The van der Waals surface area contributed by atoms with E-state index in [1.54, 1.807) is 7.11 Å². The molecular formula is C17H22N4O. The Labute approximate surface area is 131 Å². The lowest BCUT2D eigenvalue weighted by molar-refractivity contribution is 0.150. The smallest absolute Gasteiger partial charge is 0.125 e. The first-order valence-electron chi connectivity index (χ1n) is 7.63. The lowest BCUT2D eigenvalue weighted by atomic mass is 10.0. The molecule has 0 unspecified atom stereocenters. The van der Waals surface area contributed by atoms with Crippen LogP contribution in [0.5, 0.6) is 5.75 Å². The highest BCUT2D eigenvalue weighted by atomic mass is 16.5. The molecule has 0 radical (unpaired) electrons. The largest absolute Gasteiger partial charge is 0.496 e. The van der Waals surface area contributed by atoms with E-state index in [1.165, 1.54) is 5.56 Å². The molecule has 1 saturated heterocycles. The van der Waals surface area contributed by atoms with Gasteiger partial charge in [-0.3, -0.25) is 4.90 Å². The average molecular weight is 298 g/mol. The van der Waals surface area contributed by atoms with Gasteiger partial charge in [0.1, 0.15) is 11.6 Å². The van der Waals surface area contributed by atoms with Crippen molar-refractivity contribution in [1.82, 2.24) is 20.2 Å². The number of benzene rings is 1. The van der Waals surface area contributed by atoms with Crippen LogP contribution in [0.3, 0.4) is 0 Å². The molecule has 5 heteroatoms. The lowest BCUT2D eigenvalue weighted by Gasteiger charge is -2.37. The van der Waals surface area contributed by atoms with Gasteiger partial charge in [-0.05, 0) is 13.0 Å². The Balaban J connectivity index is 1.83. The number of ether oxygens (including phenoxy) is 1. The predicted molar refractivity (Wildman–Crippen MR) is 85.8 cm³/mol. The van der Waals surface area contributed by atoms with Crippen molar-refractivity contribution in [3.8, 4) is 5.75 Å². The van der Waals surface area contributed by atoms with Crippen molar-refractivity contribution in [3.05, 3.63) is 53.6 Å². The molecule has 0 amide bonds. The van der Waals surface area contributed by atoms with E-state index in [2.05, 4.69) is 32.3 Å². The van der Waals surface area contributed by atoms with Crippen LogP contribution in [-0.4, -0.2) is 41.6 Å². The standard InChI is InChI=1S/C17H22N4O/c1-13-19-9-14(10-20-13)12-21-8-7-18-11-16(21)15-5-3-4-6-17(15)22-2/h3-6,9-10,16,18H,7-8,11-12H2,1-2H3/t16-/m0/s1. The predicted octanol–water partition coefficient (Wildman–Crippen LogP) is 1.94. The summed E-state index contributed by atoms with van der Waals surface area (Å²) in [6.45, 7) is 5.68. The van der Waals surface area contributed by atoms with Gasteiger partial charge in [0.25, 0.3) is 0 Å². The highest BCUT2D eigenvalue weighted by Crippen LogP contribution is 2.30. The summed E-state index contributed by atoms with van der Waals surface area (Å²) >= 11 is 0. The molecule has 116 valence electrons. The summed E-state index contributed by atoms with van der Waals surface area (Å²) in [5.41, 5.74) is 2.37. The van der Waals surface area contributed by atoms with Crippen molar-refractivity contribution in [3.63, 3.8) is 0 Å². The fraction of sp³-hybridized carbons (Fsp3) is 0.412. The maximum Gasteiger partial charge on any atom is 0.125 e. The second-order valence-electron chi connectivity index (χ2n) is 5.57. The molecule has 1 aliphatic rings. The van der Waals surface area contributed by atoms with Gasteiger partial charge in [0.15, 0.2) is 0 Å². The first-order chi connectivity index (χ1) is 10.8. The Morgan fingerprint density at radius 1 is 1.27 bits per heavy atom. The van der Waals surface area contributed by atoms with Crippen molar-refractivity contribution in [1.29, 1.82) is 0 Å².